The lowest BCUT2D eigenvalue weighted by molar-refractivity contribution is 0.0530. The zero-order chi connectivity index (χ0) is 11.9. The summed E-state index contributed by atoms with van der Waals surface area (Å²) in [5.41, 5.74) is 0. The zero-order valence-corrected chi connectivity index (χ0v) is 9.81. The van der Waals surface area contributed by atoms with Gasteiger partial charge < -0.3 is 10.0 Å². The molecule has 0 saturated carbocycles. The number of hydrogen-bond donors (Lipinski definition) is 1. The molecule has 7 heteroatoms. The van der Waals surface area contributed by atoms with Crippen LogP contribution in [0.4, 0.5) is 4.79 Å². The van der Waals surface area contributed by atoms with Crippen LogP contribution in [0, 0.1) is 0 Å². The third-order valence-electron chi connectivity index (χ3n) is 3.22. The second-order valence-corrected chi connectivity index (χ2v) is 6.07. The summed E-state index contributed by atoms with van der Waals surface area (Å²) < 4.78 is 26.9. The first-order valence-corrected chi connectivity index (χ1v) is 7.08. The maximum absolute atomic E-state index is 11.0. The number of nitrogens with zero attached hydrogens (tertiary/aromatic N) is 1. The predicted molar refractivity (Wildman–Crippen MR) is 55.6 cm³/mol. The lowest BCUT2D eigenvalue weighted by Gasteiger charge is -2.36. The van der Waals surface area contributed by atoms with Crippen LogP contribution < -0.4 is 0 Å². The summed E-state index contributed by atoms with van der Waals surface area (Å²) in [6.45, 7) is 0. The zero-order valence-electron chi connectivity index (χ0n) is 9.00. The Hall–Kier alpha value is -0.820. The Bertz CT molecular complexity index is 379. The molecule has 0 aromatic carbocycles. The maximum Gasteiger partial charge on any atom is 0.407 e. The molecule has 6 nitrogen and oxygen atoms in total. The van der Waals surface area contributed by atoms with Gasteiger partial charge in [-0.05, 0) is 25.7 Å². The van der Waals surface area contributed by atoms with Crippen LogP contribution >= 0.6 is 0 Å². The Morgan fingerprint density at radius 1 is 1.31 bits per heavy atom. The van der Waals surface area contributed by atoms with Gasteiger partial charge in [0.1, 0.15) is 0 Å². The molecule has 2 bridgehead atoms. The summed E-state index contributed by atoms with van der Waals surface area (Å²) >= 11 is 0. The van der Waals surface area contributed by atoms with Crippen LogP contribution in [0.1, 0.15) is 25.7 Å². The fourth-order valence-electron chi connectivity index (χ4n) is 2.77. The van der Waals surface area contributed by atoms with Crippen molar-refractivity contribution in [2.24, 2.45) is 0 Å². The van der Waals surface area contributed by atoms with Crippen LogP contribution in [-0.2, 0) is 14.3 Å². The quantitative estimate of drug-likeness (QED) is 0.726. The van der Waals surface area contributed by atoms with Crippen molar-refractivity contribution in [3.05, 3.63) is 0 Å². The first-order valence-electron chi connectivity index (χ1n) is 5.26. The topological polar surface area (TPSA) is 83.9 Å². The third-order valence-corrected chi connectivity index (χ3v) is 3.84. The number of amides is 1. The molecule has 2 aliphatic heterocycles. The molecule has 2 aliphatic rings. The molecule has 0 spiro atoms. The van der Waals surface area contributed by atoms with Gasteiger partial charge >= 0.3 is 6.09 Å². The second-order valence-electron chi connectivity index (χ2n) is 4.47. The molecule has 0 aromatic heterocycles. The predicted octanol–water partition coefficient (Wildman–Crippen LogP) is 0.636. The molecule has 92 valence electrons. The molecule has 0 aromatic rings. The van der Waals surface area contributed by atoms with E-state index in [9.17, 15) is 13.2 Å². The van der Waals surface area contributed by atoms with Crippen molar-refractivity contribution in [3.63, 3.8) is 0 Å². The van der Waals surface area contributed by atoms with Gasteiger partial charge in [-0.1, -0.05) is 0 Å². The molecule has 16 heavy (non-hydrogen) atoms. The minimum atomic E-state index is -3.45. The monoisotopic (exact) mass is 249 g/mol. The number of piperidine rings is 1. The van der Waals surface area contributed by atoms with Gasteiger partial charge in [0, 0.05) is 12.1 Å². The van der Waals surface area contributed by atoms with E-state index in [1.54, 1.807) is 0 Å². The van der Waals surface area contributed by atoms with E-state index >= 15 is 0 Å². The van der Waals surface area contributed by atoms with E-state index < -0.39 is 16.2 Å². The van der Waals surface area contributed by atoms with E-state index in [0.717, 1.165) is 19.1 Å². The molecular weight excluding hydrogens is 234 g/mol. The van der Waals surface area contributed by atoms with Crippen LogP contribution in [0.3, 0.4) is 0 Å². The van der Waals surface area contributed by atoms with Gasteiger partial charge in [-0.2, -0.15) is 8.42 Å². The van der Waals surface area contributed by atoms with Crippen molar-refractivity contribution in [2.45, 2.75) is 43.9 Å². The summed E-state index contributed by atoms with van der Waals surface area (Å²) in [4.78, 5) is 12.4. The number of rotatable bonds is 2. The van der Waals surface area contributed by atoms with E-state index in [2.05, 4.69) is 0 Å². The molecule has 2 fully saturated rings. The lowest BCUT2D eigenvalue weighted by atomic mass is 10.0. The molecule has 2 saturated heterocycles. The standard InChI is InChI=1S/C9H15NO5S/c1-16(13,14)15-8-4-6-2-3-7(5-8)10(6)9(11)12/h6-8H,2-5H2,1H3,(H,11,12)/t6-,7+,8?. The van der Waals surface area contributed by atoms with Crippen molar-refractivity contribution in [1.29, 1.82) is 0 Å². The molecule has 0 radical (unpaired) electrons. The molecule has 1 amide bonds. The molecule has 2 rings (SSSR count). The van der Waals surface area contributed by atoms with Gasteiger partial charge in [-0.15, -0.1) is 0 Å². The van der Waals surface area contributed by atoms with Gasteiger partial charge in [0.25, 0.3) is 10.1 Å². The molecule has 3 atom stereocenters. The average Bonchev–Trinajstić information content (AvgIpc) is 2.36. The molecule has 1 N–H and O–H groups in total. The number of fused-ring (bicyclic) bond motifs is 2. The molecule has 1 unspecified atom stereocenters. The van der Waals surface area contributed by atoms with Crippen LogP contribution in [0.25, 0.3) is 0 Å². The highest BCUT2D eigenvalue weighted by atomic mass is 32.2. The van der Waals surface area contributed by atoms with Crippen molar-refractivity contribution in [3.8, 4) is 0 Å². The minimum absolute atomic E-state index is 0.0806. The van der Waals surface area contributed by atoms with Crippen LogP contribution in [0.5, 0.6) is 0 Å². The van der Waals surface area contributed by atoms with E-state index in [1.165, 1.54) is 4.90 Å². The van der Waals surface area contributed by atoms with Gasteiger partial charge in [0.2, 0.25) is 0 Å². The summed E-state index contributed by atoms with van der Waals surface area (Å²) in [7, 11) is -3.45. The Kier molecular flexibility index (Phi) is 2.83. The van der Waals surface area contributed by atoms with Crippen LogP contribution in [0.2, 0.25) is 0 Å². The summed E-state index contributed by atoms with van der Waals surface area (Å²) in [6.07, 6.45) is 2.33. The number of carbonyl (C=O) groups is 1. The van der Waals surface area contributed by atoms with E-state index in [-0.39, 0.29) is 18.2 Å². The maximum atomic E-state index is 11.0. The Morgan fingerprint density at radius 2 is 1.81 bits per heavy atom. The Morgan fingerprint density at radius 3 is 2.19 bits per heavy atom. The normalized spacial score (nSPS) is 34.1. The van der Waals surface area contributed by atoms with Gasteiger partial charge in [0.15, 0.2) is 0 Å². The molecule has 2 heterocycles. The minimum Gasteiger partial charge on any atom is -0.465 e. The smallest absolute Gasteiger partial charge is 0.407 e. The van der Waals surface area contributed by atoms with Crippen molar-refractivity contribution in [1.82, 2.24) is 4.90 Å². The fraction of sp³-hybridized carbons (Fsp3) is 0.889. The SMILES string of the molecule is CS(=O)(=O)OC1C[C@H]2CC[C@@H](C1)N2C(=O)O. The second kappa shape index (κ2) is 3.89. The fourth-order valence-corrected chi connectivity index (χ4v) is 3.42. The number of carboxylic acid groups (broad SMARTS) is 1. The van der Waals surface area contributed by atoms with E-state index in [1.807, 2.05) is 0 Å². The van der Waals surface area contributed by atoms with Crippen LogP contribution in [0.15, 0.2) is 0 Å². The van der Waals surface area contributed by atoms with Crippen LogP contribution in [-0.4, -0.2) is 49.0 Å². The third kappa shape index (κ3) is 2.30. The van der Waals surface area contributed by atoms with E-state index in [0.29, 0.717) is 12.8 Å². The van der Waals surface area contributed by atoms with Gasteiger partial charge in [-0.25, -0.2) is 4.79 Å². The highest BCUT2D eigenvalue weighted by Gasteiger charge is 2.44. The van der Waals surface area contributed by atoms with Crippen molar-refractivity contribution in [2.75, 3.05) is 6.26 Å². The summed E-state index contributed by atoms with van der Waals surface area (Å²) in [5, 5.41) is 9.00. The number of hydrogen-bond acceptors (Lipinski definition) is 4. The highest BCUT2D eigenvalue weighted by molar-refractivity contribution is 7.86. The van der Waals surface area contributed by atoms with Gasteiger partial charge in [0.05, 0.1) is 12.4 Å². The summed E-state index contributed by atoms with van der Waals surface area (Å²) in [6, 6.07) is -0.161. The van der Waals surface area contributed by atoms with Crippen molar-refractivity contribution < 1.29 is 22.5 Å². The average molecular weight is 249 g/mol. The van der Waals surface area contributed by atoms with E-state index in [4.69, 9.17) is 9.29 Å². The first kappa shape index (κ1) is 11.7. The highest BCUT2D eigenvalue weighted by Crippen LogP contribution is 2.37. The molecular formula is C9H15NO5S. The van der Waals surface area contributed by atoms with Crippen molar-refractivity contribution >= 4 is 16.2 Å². The molecule has 0 aliphatic carbocycles. The summed E-state index contributed by atoms with van der Waals surface area (Å²) in [5.74, 6) is 0. The Labute approximate surface area is 94.3 Å². The Balaban J connectivity index is 2.05. The lowest BCUT2D eigenvalue weighted by Crippen LogP contribution is -2.48. The van der Waals surface area contributed by atoms with Gasteiger partial charge in [-0.3, -0.25) is 4.18 Å². The largest absolute Gasteiger partial charge is 0.465 e. The first-order chi connectivity index (χ1) is 7.37.